The van der Waals surface area contributed by atoms with Gasteiger partial charge in [-0.3, -0.25) is 4.79 Å². The number of nitrogens with zero attached hydrogens (tertiary/aromatic N) is 1. The van der Waals surface area contributed by atoms with E-state index in [-0.39, 0.29) is 6.61 Å². The number of hydrogen-bond donors (Lipinski definition) is 0. The van der Waals surface area contributed by atoms with E-state index in [0.29, 0.717) is 5.01 Å². The number of hydrogen-bond acceptors (Lipinski definition) is 4. The fourth-order valence-corrected chi connectivity index (χ4v) is 1.47. The molecule has 1 heterocycles. The molecule has 3 nitrogen and oxygen atoms in total. The van der Waals surface area contributed by atoms with Crippen LogP contribution in [0.15, 0.2) is 11.6 Å². The highest BCUT2D eigenvalue weighted by molar-refractivity contribution is 9.10. The summed E-state index contributed by atoms with van der Waals surface area (Å²) in [5.74, 6) is -5.91. The lowest BCUT2D eigenvalue weighted by Gasteiger charge is -2.20. The minimum atomic E-state index is -4.49. The van der Waals surface area contributed by atoms with Gasteiger partial charge in [-0.15, -0.1) is 11.3 Å². The first-order valence-corrected chi connectivity index (χ1v) is 5.88. The fraction of sp³-hybridized carbons (Fsp3) is 0.500. The van der Waals surface area contributed by atoms with Gasteiger partial charge < -0.3 is 4.74 Å². The second kappa shape index (κ2) is 5.30. The summed E-state index contributed by atoms with van der Waals surface area (Å²) in [6.45, 7) is -0.305. The monoisotopic (exact) mass is 335 g/mol. The Labute approximate surface area is 106 Å². The number of rotatable bonds is 5. The van der Waals surface area contributed by atoms with E-state index in [4.69, 9.17) is 0 Å². The Bertz CT molecular complexity index is 379. The van der Waals surface area contributed by atoms with E-state index < -0.39 is 23.1 Å². The van der Waals surface area contributed by atoms with Gasteiger partial charge in [0.2, 0.25) is 0 Å². The van der Waals surface area contributed by atoms with Crippen LogP contribution in [0.3, 0.4) is 0 Å². The Morgan fingerprint density at radius 3 is 2.59 bits per heavy atom. The zero-order valence-corrected chi connectivity index (χ0v) is 10.5. The molecule has 0 spiro atoms. The van der Waals surface area contributed by atoms with Crippen LogP contribution >= 0.6 is 27.3 Å². The summed E-state index contributed by atoms with van der Waals surface area (Å²) in [5.41, 5.74) is 0. The first kappa shape index (κ1) is 14.4. The van der Waals surface area contributed by atoms with Crippen molar-refractivity contribution in [3.05, 3.63) is 16.6 Å². The maximum atomic E-state index is 12.7. The van der Waals surface area contributed by atoms with Gasteiger partial charge in [-0.05, 0) is 15.9 Å². The minimum absolute atomic E-state index is 0.305. The van der Waals surface area contributed by atoms with Gasteiger partial charge in [0.15, 0.2) is 0 Å². The van der Waals surface area contributed by atoms with Crippen LogP contribution < -0.4 is 0 Å². The molecule has 0 saturated carbocycles. The number of carbonyl (C=O) groups is 1. The molecule has 0 radical (unpaired) electrons. The topological polar surface area (TPSA) is 39.2 Å². The molecule has 1 aromatic rings. The third-order valence-electron chi connectivity index (χ3n) is 1.62. The van der Waals surface area contributed by atoms with E-state index in [1.54, 1.807) is 5.38 Å². The lowest BCUT2D eigenvalue weighted by molar-refractivity contribution is -0.176. The molecule has 0 aliphatic rings. The third-order valence-corrected chi connectivity index (χ3v) is 2.95. The van der Waals surface area contributed by atoms with Gasteiger partial charge in [0.1, 0.15) is 18.0 Å². The fourth-order valence-electron chi connectivity index (χ4n) is 0.799. The van der Waals surface area contributed by atoms with E-state index in [1.807, 2.05) is 0 Å². The van der Waals surface area contributed by atoms with Gasteiger partial charge in [-0.2, -0.15) is 17.6 Å². The lowest BCUT2D eigenvalue weighted by Crippen LogP contribution is -2.37. The molecule has 17 heavy (non-hydrogen) atoms. The first-order valence-electron chi connectivity index (χ1n) is 4.21. The van der Waals surface area contributed by atoms with Crippen LogP contribution in [0.1, 0.15) is 11.4 Å². The molecular weight excluding hydrogens is 330 g/mol. The van der Waals surface area contributed by atoms with Crippen molar-refractivity contribution in [2.45, 2.75) is 23.8 Å². The standard InChI is InChI=1S/C8H6BrF4NO2S/c9-8(12,13)7(10,11)3-6(15)16-4-5-14-1-2-17-5/h1-2H,3-4H2. The van der Waals surface area contributed by atoms with E-state index in [1.165, 1.54) is 22.1 Å². The predicted molar refractivity (Wildman–Crippen MR) is 55.3 cm³/mol. The molecular formula is C8H6BrF4NO2S. The van der Waals surface area contributed by atoms with Gasteiger partial charge in [-0.25, -0.2) is 4.98 Å². The molecule has 0 aliphatic heterocycles. The van der Waals surface area contributed by atoms with E-state index in [0.717, 1.165) is 11.3 Å². The molecule has 0 saturated heterocycles. The maximum Gasteiger partial charge on any atom is 0.363 e. The third kappa shape index (κ3) is 4.23. The van der Waals surface area contributed by atoms with Gasteiger partial charge >= 0.3 is 16.7 Å². The van der Waals surface area contributed by atoms with Crippen molar-refractivity contribution < 1.29 is 27.1 Å². The van der Waals surface area contributed by atoms with E-state index in [2.05, 4.69) is 9.72 Å². The Morgan fingerprint density at radius 2 is 2.12 bits per heavy atom. The first-order chi connectivity index (χ1) is 7.72. The zero-order valence-electron chi connectivity index (χ0n) is 8.13. The Balaban J connectivity index is 2.45. The van der Waals surface area contributed by atoms with Crippen LogP contribution in [0.4, 0.5) is 17.6 Å². The number of alkyl halides is 5. The molecule has 0 unspecified atom stereocenters. The molecule has 0 amide bonds. The quantitative estimate of drug-likeness (QED) is 0.471. The summed E-state index contributed by atoms with van der Waals surface area (Å²) < 4.78 is 54.5. The Hall–Kier alpha value is -0.700. The number of thiazole rings is 1. The van der Waals surface area contributed by atoms with Crippen molar-refractivity contribution in [2.75, 3.05) is 0 Å². The summed E-state index contributed by atoms with van der Waals surface area (Å²) in [6, 6.07) is 0. The normalized spacial score (nSPS) is 12.5. The smallest absolute Gasteiger partial charge is 0.363 e. The van der Waals surface area contributed by atoms with Crippen molar-refractivity contribution in [1.29, 1.82) is 0 Å². The van der Waals surface area contributed by atoms with Crippen molar-refractivity contribution in [3.63, 3.8) is 0 Å². The number of esters is 1. The van der Waals surface area contributed by atoms with Gasteiger partial charge in [0.05, 0.1) is 0 Å². The minimum Gasteiger partial charge on any atom is -0.458 e. The van der Waals surface area contributed by atoms with Crippen molar-refractivity contribution in [3.8, 4) is 0 Å². The Kier molecular flexibility index (Phi) is 4.48. The van der Waals surface area contributed by atoms with Crippen molar-refractivity contribution in [2.24, 2.45) is 0 Å². The molecule has 0 atom stereocenters. The van der Waals surface area contributed by atoms with Gasteiger partial charge in [0.25, 0.3) is 0 Å². The molecule has 0 bridgehead atoms. The molecule has 1 aromatic heterocycles. The molecule has 0 aliphatic carbocycles. The van der Waals surface area contributed by atoms with Crippen LogP contribution in [-0.2, 0) is 16.1 Å². The van der Waals surface area contributed by atoms with Crippen LogP contribution in [0.5, 0.6) is 0 Å². The number of carbonyl (C=O) groups excluding carboxylic acids is 1. The summed E-state index contributed by atoms with van der Waals surface area (Å²) in [7, 11) is 0. The lowest BCUT2D eigenvalue weighted by atomic mass is 10.2. The van der Waals surface area contributed by atoms with Crippen LogP contribution in [0.25, 0.3) is 0 Å². The highest BCUT2D eigenvalue weighted by atomic mass is 79.9. The molecule has 9 heteroatoms. The molecule has 0 aromatic carbocycles. The predicted octanol–water partition coefficient (Wildman–Crippen LogP) is 3.20. The van der Waals surface area contributed by atoms with Gasteiger partial charge in [-0.1, -0.05) is 0 Å². The molecule has 0 N–H and O–H groups in total. The van der Waals surface area contributed by atoms with E-state index in [9.17, 15) is 22.4 Å². The summed E-state index contributed by atoms with van der Waals surface area (Å²) in [4.78, 5) is 10.2. The van der Waals surface area contributed by atoms with Gasteiger partial charge in [0, 0.05) is 11.6 Å². The Morgan fingerprint density at radius 1 is 1.47 bits per heavy atom. The summed E-state index contributed by atoms with van der Waals surface area (Å²) in [6.07, 6.45) is -0.258. The maximum absolute atomic E-state index is 12.7. The zero-order chi connectivity index (χ0) is 13.1. The SMILES string of the molecule is O=C(CC(F)(F)C(F)(F)Br)OCc1nccs1. The average Bonchev–Trinajstić information content (AvgIpc) is 2.64. The number of halogens is 5. The average molecular weight is 336 g/mol. The van der Waals surface area contributed by atoms with E-state index >= 15 is 0 Å². The summed E-state index contributed by atoms with van der Waals surface area (Å²) >= 11 is 2.67. The van der Waals surface area contributed by atoms with Crippen molar-refractivity contribution in [1.82, 2.24) is 4.98 Å². The largest absolute Gasteiger partial charge is 0.458 e. The number of aromatic nitrogens is 1. The molecule has 1 rings (SSSR count). The van der Waals surface area contributed by atoms with Crippen molar-refractivity contribution >= 4 is 33.2 Å². The highest BCUT2D eigenvalue weighted by Gasteiger charge is 2.55. The summed E-state index contributed by atoms with van der Waals surface area (Å²) in [5, 5.41) is 2.00. The molecule has 0 fully saturated rings. The highest BCUT2D eigenvalue weighted by Crippen LogP contribution is 2.41. The number of ether oxygens (including phenoxy) is 1. The second-order valence-electron chi connectivity index (χ2n) is 2.97. The van der Waals surface area contributed by atoms with Crippen LogP contribution in [-0.4, -0.2) is 21.7 Å². The van der Waals surface area contributed by atoms with Crippen LogP contribution in [0.2, 0.25) is 0 Å². The van der Waals surface area contributed by atoms with Crippen LogP contribution in [0, 0.1) is 0 Å². The molecule has 96 valence electrons. The second-order valence-corrected chi connectivity index (χ2v) is 4.94.